The minimum absolute atomic E-state index is 0.0698. The molecule has 0 aliphatic rings. The molecular formula is C12H10BrFN4O. The molecule has 1 heterocycles. The fraction of sp³-hybridized carbons (Fsp3) is 0. The number of nitrogens with zero attached hydrogens (tertiary/aromatic N) is 1. The van der Waals surface area contributed by atoms with Crippen LogP contribution in [0.15, 0.2) is 41.0 Å². The van der Waals surface area contributed by atoms with Gasteiger partial charge in [-0.1, -0.05) is 6.07 Å². The van der Waals surface area contributed by atoms with Gasteiger partial charge in [-0.3, -0.25) is 15.6 Å². The van der Waals surface area contributed by atoms with E-state index in [1.807, 2.05) is 0 Å². The van der Waals surface area contributed by atoms with Crippen molar-refractivity contribution in [1.29, 1.82) is 0 Å². The van der Waals surface area contributed by atoms with Crippen LogP contribution in [0.3, 0.4) is 0 Å². The second-order valence-corrected chi connectivity index (χ2v) is 4.48. The topological polar surface area (TPSA) is 80.0 Å². The number of amides is 1. The maximum Gasteiger partial charge on any atom is 0.274 e. The van der Waals surface area contributed by atoms with Crippen molar-refractivity contribution in [3.05, 3.63) is 52.5 Å². The van der Waals surface area contributed by atoms with Crippen molar-refractivity contribution >= 4 is 33.2 Å². The Morgan fingerprint density at radius 2 is 2.16 bits per heavy atom. The summed E-state index contributed by atoms with van der Waals surface area (Å²) in [6, 6.07) is 7.49. The molecule has 0 radical (unpaired) electrons. The SMILES string of the molecule is NNc1ccnc(C(=O)Nc2c(F)cccc2Br)c1. The standard InChI is InChI=1S/C12H10BrFN4O/c13-8-2-1-3-9(14)11(8)17-12(19)10-6-7(18-15)4-5-16-10/h1-6H,15H2,(H,16,18)(H,17,19). The van der Waals surface area contributed by atoms with E-state index in [2.05, 4.69) is 31.7 Å². The summed E-state index contributed by atoms with van der Waals surface area (Å²) >= 11 is 3.17. The predicted molar refractivity (Wildman–Crippen MR) is 74.1 cm³/mol. The fourth-order valence-electron chi connectivity index (χ4n) is 1.44. The second kappa shape index (κ2) is 5.77. The lowest BCUT2D eigenvalue weighted by atomic mass is 10.2. The van der Waals surface area contributed by atoms with Crippen LogP contribution in [-0.2, 0) is 0 Å². The van der Waals surface area contributed by atoms with Crippen LogP contribution in [0.1, 0.15) is 10.5 Å². The maximum atomic E-state index is 13.6. The van der Waals surface area contributed by atoms with Gasteiger partial charge in [-0.05, 0) is 40.2 Å². The third-order valence-corrected chi connectivity index (χ3v) is 3.02. The van der Waals surface area contributed by atoms with Crippen LogP contribution in [0.5, 0.6) is 0 Å². The number of anilines is 2. The highest BCUT2D eigenvalue weighted by molar-refractivity contribution is 9.10. The number of rotatable bonds is 3. The van der Waals surface area contributed by atoms with Gasteiger partial charge >= 0.3 is 0 Å². The third-order valence-electron chi connectivity index (χ3n) is 2.36. The van der Waals surface area contributed by atoms with E-state index in [4.69, 9.17) is 5.84 Å². The Labute approximate surface area is 117 Å². The Balaban J connectivity index is 2.25. The number of carbonyl (C=O) groups is 1. The molecule has 0 saturated carbocycles. The van der Waals surface area contributed by atoms with Crippen molar-refractivity contribution in [2.75, 3.05) is 10.7 Å². The van der Waals surface area contributed by atoms with E-state index in [0.29, 0.717) is 10.2 Å². The Hall–Kier alpha value is -1.99. The molecule has 0 unspecified atom stereocenters. The molecule has 1 aromatic heterocycles. The number of hydrogen-bond donors (Lipinski definition) is 3. The van der Waals surface area contributed by atoms with Gasteiger partial charge in [0.1, 0.15) is 11.5 Å². The van der Waals surface area contributed by atoms with Crippen LogP contribution in [-0.4, -0.2) is 10.9 Å². The minimum atomic E-state index is -0.532. The van der Waals surface area contributed by atoms with E-state index in [1.54, 1.807) is 12.1 Å². The van der Waals surface area contributed by atoms with E-state index in [9.17, 15) is 9.18 Å². The first-order valence-electron chi connectivity index (χ1n) is 5.30. The molecule has 0 spiro atoms. The van der Waals surface area contributed by atoms with Gasteiger partial charge in [0, 0.05) is 10.7 Å². The molecule has 19 heavy (non-hydrogen) atoms. The molecule has 1 aromatic carbocycles. The van der Waals surface area contributed by atoms with Gasteiger partial charge < -0.3 is 10.7 Å². The lowest BCUT2D eigenvalue weighted by Gasteiger charge is -2.08. The van der Waals surface area contributed by atoms with Gasteiger partial charge in [0.05, 0.1) is 11.4 Å². The van der Waals surface area contributed by atoms with Crippen LogP contribution in [0.4, 0.5) is 15.8 Å². The van der Waals surface area contributed by atoms with Crippen molar-refractivity contribution in [2.45, 2.75) is 0 Å². The first-order valence-corrected chi connectivity index (χ1v) is 6.09. The Kier molecular flexibility index (Phi) is 4.08. The fourth-order valence-corrected chi connectivity index (χ4v) is 1.88. The number of pyridine rings is 1. The minimum Gasteiger partial charge on any atom is -0.324 e. The number of nitrogen functional groups attached to an aromatic ring is 1. The second-order valence-electron chi connectivity index (χ2n) is 3.62. The van der Waals surface area contributed by atoms with Gasteiger partial charge in [0.25, 0.3) is 5.91 Å². The number of halogens is 2. The van der Waals surface area contributed by atoms with Crippen LogP contribution in [0.25, 0.3) is 0 Å². The quantitative estimate of drug-likeness (QED) is 0.598. The van der Waals surface area contributed by atoms with E-state index in [0.717, 1.165) is 0 Å². The van der Waals surface area contributed by atoms with E-state index in [1.165, 1.54) is 24.4 Å². The smallest absolute Gasteiger partial charge is 0.274 e. The summed E-state index contributed by atoms with van der Waals surface area (Å²) in [5, 5.41) is 2.45. The van der Waals surface area contributed by atoms with Crippen LogP contribution >= 0.6 is 15.9 Å². The molecule has 1 amide bonds. The van der Waals surface area contributed by atoms with Gasteiger partial charge in [-0.15, -0.1) is 0 Å². The molecule has 0 fully saturated rings. The highest BCUT2D eigenvalue weighted by Crippen LogP contribution is 2.25. The highest BCUT2D eigenvalue weighted by Gasteiger charge is 2.13. The lowest BCUT2D eigenvalue weighted by molar-refractivity contribution is 0.102. The molecule has 2 rings (SSSR count). The molecule has 0 aliphatic heterocycles. The van der Waals surface area contributed by atoms with Crippen LogP contribution in [0, 0.1) is 5.82 Å². The predicted octanol–water partition coefficient (Wildman–Crippen LogP) is 2.52. The number of benzene rings is 1. The average molecular weight is 325 g/mol. The monoisotopic (exact) mass is 324 g/mol. The molecule has 2 aromatic rings. The number of aromatic nitrogens is 1. The van der Waals surface area contributed by atoms with E-state index < -0.39 is 11.7 Å². The van der Waals surface area contributed by atoms with Gasteiger partial charge in [0.2, 0.25) is 0 Å². The van der Waals surface area contributed by atoms with Crippen LogP contribution < -0.4 is 16.6 Å². The largest absolute Gasteiger partial charge is 0.324 e. The first-order chi connectivity index (χ1) is 9.11. The molecule has 0 atom stereocenters. The van der Waals surface area contributed by atoms with Crippen LogP contribution in [0.2, 0.25) is 0 Å². The molecule has 0 aliphatic carbocycles. The zero-order chi connectivity index (χ0) is 13.8. The van der Waals surface area contributed by atoms with Gasteiger partial charge in [-0.25, -0.2) is 4.39 Å². The number of carbonyl (C=O) groups excluding carboxylic acids is 1. The molecule has 4 N–H and O–H groups in total. The third kappa shape index (κ3) is 3.07. The zero-order valence-corrected chi connectivity index (χ0v) is 11.2. The first kappa shape index (κ1) is 13.4. The maximum absolute atomic E-state index is 13.6. The van der Waals surface area contributed by atoms with Crippen molar-refractivity contribution in [2.24, 2.45) is 5.84 Å². The molecular weight excluding hydrogens is 315 g/mol. The Morgan fingerprint density at radius 1 is 1.37 bits per heavy atom. The summed E-state index contributed by atoms with van der Waals surface area (Å²) < 4.78 is 14.0. The average Bonchev–Trinajstić information content (AvgIpc) is 2.43. The number of nitrogens with two attached hydrogens (primary N) is 1. The summed E-state index contributed by atoms with van der Waals surface area (Å²) in [7, 11) is 0. The molecule has 7 heteroatoms. The molecule has 0 saturated heterocycles. The summed E-state index contributed by atoms with van der Waals surface area (Å²) in [5.41, 5.74) is 3.14. The summed E-state index contributed by atoms with van der Waals surface area (Å²) in [6.07, 6.45) is 1.43. The summed E-state index contributed by atoms with van der Waals surface area (Å²) in [5.74, 6) is 4.19. The van der Waals surface area contributed by atoms with Crippen molar-refractivity contribution in [3.8, 4) is 0 Å². The van der Waals surface area contributed by atoms with E-state index >= 15 is 0 Å². The number of nitrogens with one attached hydrogen (secondary N) is 2. The number of hydrogen-bond acceptors (Lipinski definition) is 4. The normalized spacial score (nSPS) is 10.1. The summed E-state index contributed by atoms with van der Waals surface area (Å²) in [4.78, 5) is 15.9. The highest BCUT2D eigenvalue weighted by atomic mass is 79.9. The Morgan fingerprint density at radius 3 is 2.84 bits per heavy atom. The van der Waals surface area contributed by atoms with Crippen molar-refractivity contribution in [1.82, 2.24) is 4.98 Å². The van der Waals surface area contributed by atoms with E-state index in [-0.39, 0.29) is 11.4 Å². The Bertz CT molecular complexity index is 600. The van der Waals surface area contributed by atoms with Crippen molar-refractivity contribution in [3.63, 3.8) is 0 Å². The lowest BCUT2D eigenvalue weighted by Crippen LogP contribution is -2.16. The molecule has 98 valence electrons. The molecule has 0 bridgehead atoms. The summed E-state index contributed by atoms with van der Waals surface area (Å²) in [6.45, 7) is 0. The number of hydrazine groups is 1. The van der Waals surface area contributed by atoms with Gasteiger partial charge in [-0.2, -0.15) is 0 Å². The van der Waals surface area contributed by atoms with Crippen molar-refractivity contribution < 1.29 is 9.18 Å². The zero-order valence-electron chi connectivity index (χ0n) is 9.65. The number of para-hydroxylation sites is 1. The van der Waals surface area contributed by atoms with Gasteiger partial charge in [0.15, 0.2) is 0 Å². The molecule has 5 nitrogen and oxygen atoms in total.